The van der Waals surface area contributed by atoms with E-state index in [0.717, 1.165) is 11.3 Å². The van der Waals surface area contributed by atoms with Crippen LogP contribution in [0.25, 0.3) is 65.8 Å². The van der Waals surface area contributed by atoms with Crippen LogP contribution in [0.3, 0.4) is 0 Å². The van der Waals surface area contributed by atoms with Gasteiger partial charge in [-0.15, -0.1) is 0 Å². The summed E-state index contributed by atoms with van der Waals surface area (Å²) in [6.07, 6.45) is 1.85. The van der Waals surface area contributed by atoms with Crippen molar-refractivity contribution in [1.82, 2.24) is 4.98 Å². The highest BCUT2D eigenvalue weighted by molar-refractivity contribution is 6.22. The van der Waals surface area contributed by atoms with Gasteiger partial charge in [0.15, 0.2) is 0 Å². The van der Waals surface area contributed by atoms with E-state index in [-0.39, 0.29) is 0 Å². The molecule has 0 unspecified atom stereocenters. The summed E-state index contributed by atoms with van der Waals surface area (Å²) in [4.78, 5) is 4.56. The minimum absolute atomic E-state index is 0.999. The first-order valence-electron chi connectivity index (χ1n) is 12.7. The van der Waals surface area contributed by atoms with Crippen LogP contribution in [0, 0.1) is 6.92 Å². The Morgan fingerprint density at radius 2 is 1.05 bits per heavy atom. The zero-order chi connectivity index (χ0) is 24.8. The van der Waals surface area contributed by atoms with Crippen molar-refractivity contribution in [1.29, 1.82) is 0 Å². The third-order valence-electron chi connectivity index (χ3n) is 7.43. The Bertz CT molecular complexity index is 1880. The van der Waals surface area contributed by atoms with Crippen LogP contribution in [-0.4, -0.2) is 4.98 Å². The highest BCUT2D eigenvalue weighted by atomic mass is 14.7. The predicted octanol–water partition coefficient (Wildman–Crippen LogP) is 9.85. The molecule has 1 heterocycles. The van der Waals surface area contributed by atoms with E-state index < -0.39 is 0 Å². The van der Waals surface area contributed by atoms with Gasteiger partial charge in [-0.25, -0.2) is 0 Å². The smallest absolute Gasteiger partial charge is 0.0702 e. The van der Waals surface area contributed by atoms with E-state index in [1.54, 1.807) is 0 Å². The third-order valence-corrected chi connectivity index (χ3v) is 7.43. The molecule has 7 aromatic rings. The lowest BCUT2D eigenvalue weighted by Gasteiger charge is -2.19. The van der Waals surface area contributed by atoms with Crippen molar-refractivity contribution in [3.8, 4) is 33.5 Å². The van der Waals surface area contributed by atoms with Crippen molar-refractivity contribution in [2.75, 3.05) is 0 Å². The quantitative estimate of drug-likeness (QED) is 0.234. The zero-order valence-corrected chi connectivity index (χ0v) is 20.6. The molecule has 0 saturated carbocycles. The molecule has 0 aliphatic heterocycles. The molecule has 1 heteroatoms. The summed E-state index contributed by atoms with van der Waals surface area (Å²) in [5.41, 5.74) is 8.49. The number of aryl methyl sites for hydroxylation is 1. The van der Waals surface area contributed by atoms with Crippen LogP contribution in [0.2, 0.25) is 0 Å². The average molecular weight is 472 g/mol. The largest absolute Gasteiger partial charge is 0.256 e. The number of hydrogen-bond acceptors (Lipinski definition) is 1. The Balaban J connectivity index is 1.53. The monoisotopic (exact) mass is 471 g/mol. The second-order valence-electron chi connectivity index (χ2n) is 9.65. The first-order valence-corrected chi connectivity index (χ1v) is 12.7. The van der Waals surface area contributed by atoms with E-state index in [2.05, 4.69) is 127 Å². The lowest BCUT2D eigenvalue weighted by molar-refractivity contribution is 1.32. The van der Waals surface area contributed by atoms with Crippen LogP contribution in [-0.2, 0) is 0 Å². The average Bonchev–Trinajstić information content (AvgIpc) is 2.96. The van der Waals surface area contributed by atoms with E-state index >= 15 is 0 Å². The summed E-state index contributed by atoms with van der Waals surface area (Å²) in [5, 5.41) is 7.63. The van der Waals surface area contributed by atoms with Gasteiger partial charge in [-0.1, -0.05) is 103 Å². The number of nitrogens with zero attached hydrogens (tertiary/aromatic N) is 1. The lowest BCUT2D eigenvalue weighted by atomic mass is 9.84. The van der Waals surface area contributed by atoms with Crippen molar-refractivity contribution in [2.45, 2.75) is 6.92 Å². The molecule has 0 radical (unpaired) electrons. The van der Waals surface area contributed by atoms with E-state index in [1.807, 2.05) is 18.3 Å². The molecule has 0 N–H and O–H groups in total. The normalized spacial score (nSPS) is 11.4. The first-order chi connectivity index (χ1) is 18.3. The Morgan fingerprint density at radius 1 is 0.459 bits per heavy atom. The molecule has 1 aromatic heterocycles. The molecule has 0 amide bonds. The first kappa shape index (κ1) is 21.5. The minimum Gasteiger partial charge on any atom is -0.256 e. The second kappa shape index (κ2) is 8.72. The Hall–Kier alpha value is -4.75. The van der Waals surface area contributed by atoms with Crippen LogP contribution in [0.1, 0.15) is 5.56 Å². The summed E-state index contributed by atoms with van der Waals surface area (Å²) in [6.45, 7) is 2.21. The van der Waals surface area contributed by atoms with Gasteiger partial charge in [0.1, 0.15) is 0 Å². The molecular weight excluding hydrogens is 446 g/mol. The second-order valence-corrected chi connectivity index (χ2v) is 9.65. The van der Waals surface area contributed by atoms with E-state index in [0.29, 0.717) is 0 Å². The molecule has 0 aliphatic carbocycles. The molecule has 37 heavy (non-hydrogen) atoms. The molecule has 0 aliphatic rings. The van der Waals surface area contributed by atoms with Gasteiger partial charge in [-0.2, -0.15) is 0 Å². The molecule has 0 fully saturated rings. The summed E-state index contributed by atoms with van der Waals surface area (Å²) in [5.74, 6) is 0. The van der Waals surface area contributed by atoms with Gasteiger partial charge >= 0.3 is 0 Å². The molecule has 0 bridgehead atoms. The molecular formula is C36H25N. The molecule has 0 atom stereocenters. The maximum Gasteiger partial charge on any atom is 0.0702 e. The number of benzene rings is 6. The third kappa shape index (κ3) is 3.59. The van der Waals surface area contributed by atoms with Crippen molar-refractivity contribution in [2.24, 2.45) is 0 Å². The predicted molar refractivity (Wildman–Crippen MR) is 158 cm³/mol. The molecule has 174 valence electrons. The van der Waals surface area contributed by atoms with E-state index in [9.17, 15) is 0 Å². The summed E-state index contributed by atoms with van der Waals surface area (Å²) >= 11 is 0. The fourth-order valence-corrected chi connectivity index (χ4v) is 5.71. The number of pyridine rings is 1. The molecule has 1 nitrogen and oxygen atoms in total. The van der Waals surface area contributed by atoms with Gasteiger partial charge in [-0.3, -0.25) is 4.98 Å². The summed E-state index contributed by atoms with van der Waals surface area (Å²) < 4.78 is 0. The summed E-state index contributed by atoms with van der Waals surface area (Å²) in [7, 11) is 0. The van der Waals surface area contributed by atoms with Crippen molar-refractivity contribution >= 4 is 32.3 Å². The Labute approximate surface area is 216 Å². The minimum atomic E-state index is 0.999. The Kier molecular flexibility index (Phi) is 5.08. The highest BCUT2D eigenvalue weighted by Gasteiger charge is 2.18. The van der Waals surface area contributed by atoms with Crippen LogP contribution in [0.4, 0.5) is 0 Å². The zero-order valence-electron chi connectivity index (χ0n) is 20.6. The van der Waals surface area contributed by atoms with Crippen LogP contribution < -0.4 is 0 Å². The highest BCUT2D eigenvalue weighted by Crippen LogP contribution is 2.45. The number of hydrogen-bond donors (Lipinski definition) is 0. The number of fused-ring (bicyclic) bond motifs is 3. The van der Waals surface area contributed by atoms with Gasteiger partial charge in [0, 0.05) is 11.8 Å². The summed E-state index contributed by atoms with van der Waals surface area (Å²) in [6, 6.07) is 45.9. The van der Waals surface area contributed by atoms with Gasteiger partial charge in [0.2, 0.25) is 0 Å². The van der Waals surface area contributed by atoms with E-state index in [1.165, 1.54) is 60.1 Å². The van der Waals surface area contributed by atoms with Gasteiger partial charge in [0.05, 0.1) is 5.69 Å². The number of rotatable bonds is 3. The van der Waals surface area contributed by atoms with Crippen molar-refractivity contribution in [3.05, 3.63) is 139 Å². The molecule has 6 aromatic carbocycles. The van der Waals surface area contributed by atoms with Crippen molar-refractivity contribution in [3.63, 3.8) is 0 Å². The standard InChI is InChI=1S/C36H25N/c1-24-22-27(34-16-8-9-21-37-34)19-20-29(24)36-32-14-6-4-12-30(32)35(31-13-5-7-15-33(31)36)28-18-17-25-10-2-3-11-26(25)23-28/h2-23H,1H3. The molecule has 7 rings (SSSR count). The van der Waals surface area contributed by atoms with Crippen LogP contribution >= 0.6 is 0 Å². The maximum absolute atomic E-state index is 4.56. The number of aromatic nitrogens is 1. The van der Waals surface area contributed by atoms with Gasteiger partial charge in [0.25, 0.3) is 0 Å². The van der Waals surface area contributed by atoms with Gasteiger partial charge < -0.3 is 0 Å². The SMILES string of the molecule is Cc1cc(-c2ccccn2)ccc1-c1c2ccccc2c(-c2ccc3ccccc3c2)c2ccccc12. The lowest BCUT2D eigenvalue weighted by Crippen LogP contribution is -1.93. The van der Waals surface area contributed by atoms with Crippen LogP contribution in [0.15, 0.2) is 134 Å². The van der Waals surface area contributed by atoms with Crippen molar-refractivity contribution < 1.29 is 0 Å². The molecule has 0 saturated heterocycles. The van der Waals surface area contributed by atoms with E-state index in [4.69, 9.17) is 0 Å². The fourth-order valence-electron chi connectivity index (χ4n) is 5.71. The van der Waals surface area contributed by atoms with Gasteiger partial charge in [-0.05, 0) is 91.3 Å². The molecule has 0 spiro atoms. The maximum atomic E-state index is 4.56. The topological polar surface area (TPSA) is 12.9 Å². The Morgan fingerprint density at radius 3 is 1.70 bits per heavy atom. The fraction of sp³-hybridized carbons (Fsp3) is 0.0278. The van der Waals surface area contributed by atoms with Crippen LogP contribution in [0.5, 0.6) is 0 Å².